The number of hydrogen-bond acceptors (Lipinski definition) is 2. The number of nitrogens with zero attached hydrogens (tertiary/aromatic N) is 1. The molecule has 1 aromatic rings. The van der Waals surface area contributed by atoms with E-state index in [2.05, 4.69) is 0 Å². The summed E-state index contributed by atoms with van der Waals surface area (Å²) in [4.78, 5) is 14.4. The molecule has 1 N–H and O–H groups in total. The van der Waals surface area contributed by atoms with E-state index in [1.807, 2.05) is 4.90 Å². The van der Waals surface area contributed by atoms with Crippen LogP contribution in [-0.2, 0) is 0 Å². The number of aromatic hydroxyl groups is 1. The van der Waals surface area contributed by atoms with Crippen LogP contribution in [0.3, 0.4) is 0 Å². The fraction of sp³-hybridized carbons (Fsp3) is 0.500. The van der Waals surface area contributed by atoms with Gasteiger partial charge in [0.2, 0.25) is 0 Å². The maximum Gasteiger partial charge on any atom is 0.254 e. The lowest BCUT2D eigenvalue weighted by Gasteiger charge is -2.37. The highest BCUT2D eigenvalue weighted by molar-refractivity contribution is 6.32. The van der Waals surface area contributed by atoms with Crippen LogP contribution in [0.4, 0.5) is 0 Å². The van der Waals surface area contributed by atoms with Crippen molar-refractivity contribution in [2.45, 2.75) is 31.7 Å². The third kappa shape index (κ3) is 3.34. The predicted molar refractivity (Wildman–Crippen MR) is 77.1 cm³/mol. The molecule has 0 atom stereocenters. The Morgan fingerprint density at radius 1 is 1.42 bits per heavy atom. The van der Waals surface area contributed by atoms with Gasteiger partial charge in [0.15, 0.2) is 0 Å². The number of carbonyl (C=O) groups is 1. The monoisotopic (exact) mass is 301 g/mol. The summed E-state index contributed by atoms with van der Waals surface area (Å²) in [5.41, 5.74) is 0.518. The zero-order valence-corrected chi connectivity index (χ0v) is 12.1. The molecule has 0 unspecified atom stereocenters. The summed E-state index contributed by atoms with van der Waals surface area (Å²) >= 11 is 11.6. The van der Waals surface area contributed by atoms with Gasteiger partial charge in [-0.05, 0) is 43.9 Å². The third-order valence-corrected chi connectivity index (χ3v) is 4.07. The largest absolute Gasteiger partial charge is 0.506 e. The molecule has 0 aliphatic heterocycles. The molecule has 2 rings (SSSR count). The summed E-state index contributed by atoms with van der Waals surface area (Å²) in [6, 6.07) is 4.90. The van der Waals surface area contributed by atoms with Crippen molar-refractivity contribution in [3.8, 4) is 5.75 Å². The van der Waals surface area contributed by atoms with E-state index in [1.54, 1.807) is 6.07 Å². The number of hydrogen-bond donors (Lipinski definition) is 1. The Labute approximate surface area is 123 Å². The molecule has 3 nitrogen and oxygen atoms in total. The topological polar surface area (TPSA) is 40.5 Å². The van der Waals surface area contributed by atoms with E-state index in [4.69, 9.17) is 23.2 Å². The maximum atomic E-state index is 12.5. The standard InChI is InChI=1S/C14H17Cl2NO2/c15-7-2-8-17(11-3-1-4-11)14(19)10-5-6-13(18)12(16)9-10/h5-6,9,11,18H,1-4,7-8H2. The Morgan fingerprint density at radius 3 is 2.68 bits per heavy atom. The normalized spacial score (nSPS) is 15.1. The number of alkyl halides is 1. The Morgan fingerprint density at radius 2 is 2.16 bits per heavy atom. The maximum absolute atomic E-state index is 12.5. The number of phenols is 1. The van der Waals surface area contributed by atoms with Gasteiger partial charge in [-0.15, -0.1) is 11.6 Å². The minimum atomic E-state index is -0.0308. The van der Waals surface area contributed by atoms with Crippen molar-refractivity contribution >= 4 is 29.1 Å². The highest BCUT2D eigenvalue weighted by Gasteiger charge is 2.29. The molecule has 5 heteroatoms. The minimum Gasteiger partial charge on any atom is -0.506 e. The van der Waals surface area contributed by atoms with Crippen molar-refractivity contribution in [3.63, 3.8) is 0 Å². The number of benzene rings is 1. The van der Waals surface area contributed by atoms with Crippen LogP contribution in [0.1, 0.15) is 36.0 Å². The molecule has 19 heavy (non-hydrogen) atoms. The minimum absolute atomic E-state index is 0.00540. The third-order valence-electron chi connectivity index (χ3n) is 3.50. The van der Waals surface area contributed by atoms with Gasteiger partial charge in [0.25, 0.3) is 5.91 Å². The van der Waals surface area contributed by atoms with Gasteiger partial charge in [-0.2, -0.15) is 0 Å². The molecule has 104 valence electrons. The number of carbonyl (C=O) groups excluding carboxylic acids is 1. The zero-order valence-electron chi connectivity index (χ0n) is 10.6. The van der Waals surface area contributed by atoms with Gasteiger partial charge in [-0.3, -0.25) is 4.79 Å². The van der Waals surface area contributed by atoms with E-state index < -0.39 is 0 Å². The van der Waals surface area contributed by atoms with Gasteiger partial charge in [0, 0.05) is 24.0 Å². The van der Waals surface area contributed by atoms with Crippen LogP contribution >= 0.6 is 23.2 Å². The van der Waals surface area contributed by atoms with Gasteiger partial charge < -0.3 is 10.0 Å². The van der Waals surface area contributed by atoms with Crippen molar-refractivity contribution in [1.82, 2.24) is 4.90 Å². The first kappa shape index (κ1) is 14.5. The van der Waals surface area contributed by atoms with Crippen LogP contribution in [0.2, 0.25) is 5.02 Å². The second-order valence-electron chi connectivity index (χ2n) is 4.79. The Bertz CT molecular complexity index is 461. The number of phenolic OH excluding ortho intramolecular Hbond substituents is 1. The van der Waals surface area contributed by atoms with Crippen molar-refractivity contribution in [1.29, 1.82) is 0 Å². The first-order chi connectivity index (χ1) is 9.13. The lowest BCUT2D eigenvalue weighted by atomic mass is 9.91. The van der Waals surface area contributed by atoms with Crippen molar-refractivity contribution < 1.29 is 9.90 Å². The van der Waals surface area contributed by atoms with E-state index in [0.29, 0.717) is 24.0 Å². The summed E-state index contributed by atoms with van der Waals surface area (Å²) < 4.78 is 0. The van der Waals surface area contributed by atoms with Crippen LogP contribution in [0.25, 0.3) is 0 Å². The lowest BCUT2D eigenvalue weighted by Crippen LogP contribution is -2.44. The molecule has 1 fully saturated rings. The highest BCUT2D eigenvalue weighted by Crippen LogP contribution is 2.28. The molecular weight excluding hydrogens is 285 g/mol. The molecule has 1 aliphatic carbocycles. The second-order valence-corrected chi connectivity index (χ2v) is 5.58. The molecule has 0 saturated heterocycles. The Balaban J connectivity index is 2.15. The van der Waals surface area contributed by atoms with Gasteiger partial charge >= 0.3 is 0 Å². The molecular formula is C14H17Cl2NO2. The van der Waals surface area contributed by atoms with Gasteiger partial charge in [0.1, 0.15) is 5.75 Å². The summed E-state index contributed by atoms with van der Waals surface area (Å²) in [6.45, 7) is 0.672. The average Bonchev–Trinajstić information content (AvgIpc) is 2.34. The van der Waals surface area contributed by atoms with E-state index in [0.717, 1.165) is 19.3 Å². The predicted octanol–water partition coefficient (Wildman–Crippen LogP) is 3.67. The average molecular weight is 302 g/mol. The highest BCUT2D eigenvalue weighted by atomic mass is 35.5. The Kier molecular flexibility index (Phi) is 4.94. The van der Waals surface area contributed by atoms with Crippen LogP contribution < -0.4 is 0 Å². The zero-order chi connectivity index (χ0) is 13.8. The summed E-state index contributed by atoms with van der Waals surface area (Å²) in [5.74, 6) is 0.512. The van der Waals surface area contributed by atoms with Crippen LogP contribution in [0, 0.1) is 0 Å². The van der Waals surface area contributed by atoms with Gasteiger partial charge in [0.05, 0.1) is 5.02 Å². The van der Waals surface area contributed by atoms with Crippen LogP contribution in [0.5, 0.6) is 5.75 Å². The summed E-state index contributed by atoms with van der Waals surface area (Å²) in [5, 5.41) is 9.60. The SMILES string of the molecule is O=C(c1ccc(O)c(Cl)c1)N(CCCCl)C1CCC1. The molecule has 1 aromatic carbocycles. The number of halogens is 2. The summed E-state index contributed by atoms with van der Waals surface area (Å²) in [7, 11) is 0. The van der Waals surface area contributed by atoms with E-state index >= 15 is 0 Å². The molecule has 0 heterocycles. The molecule has 0 aromatic heterocycles. The lowest BCUT2D eigenvalue weighted by molar-refractivity contribution is 0.0581. The molecule has 1 aliphatic rings. The van der Waals surface area contributed by atoms with Crippen LogP contribution in [0.15, 0.2) is 18.2 Å². The molecule has 1 amide bonds. The Hall–Kier alpha value is -0.930. The van der Waals surface area contributed by atoms with Crippen LogP contribution in [-0.4, -0.2) is 34.4 Å². The molecule has 0 radical (unpaired) electrons. The van der Waals surface area contributed by atoms with Crippen molar-refractivity contribution in [3.05, 3.63) is 28.8 Å². The van der Waals surface area contributed by atoms with Gasteiger partial charge in [-0.1, -0.05) is 11.6 Å². The first-order valence-corrected chi connectivity index (χ1v) is 7.40. The fourth-order valence-corrected chi connectivity index (χ4v) is 2.48. The quantitative estimate of drug-likeness (QED) is 0.843. The van der Waals surface area contributed by atoms with Gasteiger partial charge in [-0.25, -0.2) is 0 Å². The first-order valence-electron chi connectivity index (χ1n) is 6.49. The van der Waals surface area contributed by atoms with E-state index in [1.165, 1.54) is 18.6 Å². The fourth-order valence-electron chi connectivity index (χ4n) is 2.18. The number of rotatable bonds is 5. The molecule has 0 spiro atoms. The number of amides is 1. The van der Waals surface area contributed by atoms with Crippen molar-refractivity contribution in [2.75, 3.05) is 12.4 Å². The molecule has 0 bridgehead atoms. The molecule has 1 saturated carbocycles. The second kappa shape index (κ2) is 6.49. The van der Waals surface area contributed by atoms with Crippen molar-refractivity contribution in [2.24, 2.45) is 0 Å². The smallest absolute Gasteiger partial charge is 0.254 e. The van der Waals surface area contributed by atoms with E-state index in [-0.39, 0.29) is 16.7 Å². The summed E-state index contributed by atoms with van der Waals surface area (Å²) in [6.07, 6.45) is 4.07. The van der Waals surface area contributed by atoms with E-state index in [9.17, 15) is 9.90 Å².